The zero-order valence-electron chi connectivity index (χ0n) is 12.6. The van der Waals surface area contributed by atoms with Gasteiger partial charge in [0.05, 0.1) is 17.4 Å². The third kappa shape index (κ3) is 3.95. The van der Waals surface area contributed by atoms with Gasteiger partial charge in [-0.05, 0) is 12.8 Å². The van der Waals surface area contributed by atoms with Crippen LogP contribution in [0.3, 0.4) is 0 Å². The summed E-state index contributed by atoms with van der Waals surface area (Å²) in [7, 11) is 1.66. The van der Waals surface area contributed by atoms with Crippen LogP contribution in [0.25, 0.3) is 0 Å². The molecule has 6 nitrogen and oxygen atoms in total. The van der Waals surface area contributed by atoms with Crippen LogP contribution in [-0.2, 0) is 14.3 Å². The monoisotopic (exact) mass is 299 g/mol. The van der Waals surface area contributed by atoms with Crippen LogP contribution >= 0.6 is 0 Å². The Morgan fingerprint density at radius 2 is 1.76 bits per heavy atom. The quantitative estimate of drug-likeness (QED) is 0.804. The molecule has 0 aromatic heterocycles. The van der Waals surface area contributed by atoms with Gasteiger partial charge in [-0.15, -0.1) is 0 Å². The molecule has 1 saturated heterocycles. The first-order valence-corrected chi connectivity index (χ1v) is 7.71. The van der Waals surface area contributed by atoms with E-state index in [-0.39, 0.29) is 12.5 Å². The first-order chi connectivity index (χ1) is 9.93. The molecule has 2 atom stereocenters. The van der Waals surface area contributed by atoms with Crippen LogP contribution in [0.15, 0.2) is 0 Å². The van der Waals surface area contributed by atoms with E-state index in [0.717, 1.165) is 12.8 Å². The number of amides is 1. The molecule has 2 N–H and O–H groups in total. The van der Waals surface area contributed by atoms with Gasteiger partial charge in [-0.1, -0.05) is 12.8 Å². The van der Waals surface area contributed by atoms with Crippen molar-refractivity contribution >= 4 is 11.9 Å². The average Bonchev–Trinajstić information content (AvgIpc) is 2.46. The molecule has 2 aliphatic rings. The van der Waals surface area contributed by atoms with E-state index in [4.69, 9.17) is 4.74 Å². The molecule has 2 unspecified atom stereocenters. The van der Waals surface area contributed by atoms with Crippen molar-refractivity contribution in [2.45, 2.75) is 44.1 Å². The van der Waals surface area contributed by atoms with Gasteiger partial charge in [0.1, 0.15) is 0 Å². The average molecular weight is 299 g/mol. The minimum atomic E-state index is -0.907. The van der Waals surface area contributed by atoms with Crippen LogP contribution in [0, 0.1) is 11.8 Å². The molecule has 2 rings (SSSR count). The van der Waals surface area contributed by atoms with E-state index in [1.807, 2.05) is 0 Å². The summed E-state index contributed by atoms with van der Waals surface area (Å²) in [4.78, 5) is 25.4. The number of carbonyl (C=O) groups excluding carboxylic acids is 1. The molecule has 1 heterocycles. The molecule has 0 bridgehead atoms. The molecule has 6 heteroatoms. The third-order valence-electron chi connectivity index (χ3n) is 4.73. The van der Waals surface area contributed by atoms with Gasteiger partial charge in [-0.2, -0.15) is 0 Å². The zero-order chi connectivity index (χ0) is 15.5. The van der Waals surface area contributed by atoms with E-state index in [1.165, 1.54) is 4.90 Å². The first kappa shape index (κ1) is 16.2. The predicted octanol–water partition coefficient (Wildman–Crippen LogP) is 0.877. The molecule has 120 valence electrons. The van der Waals surface area contributed by atoms with Crippen LogP contribution in [0.1, 0.15) is 38.5 Å². The predicted molar refractivity (Wildman–Crippen MR) is 75.7 cm³/mol. The normalized spacial score (nSPS) is 28.9. The SMILES string of the molecule is CN(CC1(O)CCOCC1)C(=O)C1CCCCC1C(=O)O. The molecule has 1 saturated carbocycles. The van der Waals surface area contributed by atoms with E-state index >= 15 is 0 Å². The summed E-state index contributed by atoms with van der Waals surface area (Å²) in [5.41, 5.74) is -0.907. The first-order valence-electron chi connectivity index (χ1n) is 7.71. The number of likely N-dealkylation sites (N-methyl/N-ethyl adjacent to an activating group) is 1. The molecular formula is C15H25NO5. The van der Waals surface area contributed by atoms with Crippen LogP contribution in [0.5, 0.6) is 0 Å². The van der Waals surface area contributed by atoms with E-state index in [1.54, 1.807) is 7.05 Å². The summed E-state index contributed by atoms with van der Waals surface area (Å²) in [6.07, 6.45) is 3.98. The third-order valence-corrected chi connectivity index (χ3v) is 4.73. The lowest BCUT2D eigenvalue weighted by atomic mass is 9.78. The zero-order valence-corrected chi connectivity index (χ0v) is 12.6. The summed E-state index contributed by atoms with van der Waals surface area (Å²) < 4.78 is 5.23. The maximum atomic E-state index is 12.5. The molecule has 0 aromatic carbocycles. The number of hydrogen-bond acceptors (Lipinski definition) is 4. The highest BCUT2D eigenvalue weighted by atomic mass is 16.5. The topological polar surface area (TPSA) is 87.1 Å². The number of carboxylic acid groups (broad SMARTS) is 1. The van der Waals surface area contributed by atoms with Gasteiger partial charge in [0, 0.05) is 39.6 Å². The van der Waals surface area contributed by atoms with Crippen molar-refractivity contribution in [2.75, 3.05) is 26.8 Å². The molecule has 0 aromatic rings. The van der Waals surface area contributed by atoms with Crippen molar-refractivity contribution in [3.8, 4) is 0 Å². The van der Waals surface area contributed by atoms with Crippen molar-refractivity contribution in [3.63, 3.8) is 0 Å². The number of nitrogens with zero attached hydrogens (tertiary/aromatic N) is 1. The largest absolute Gasteiger partial charge is 0.481 e. The number of carboxylic acids is 1. The molecule has 1 amide bonds. The highest BCUT2D eigenvalue weighted by Crippen LogP contribution is 2.32. The Morgan fingerprint density at radius 3 is 2.33 bits per heavy atom. The highest BCUT2D eigenvalue weighted by Gasteiger charge is 2.39. The number of carbonyl (C=O) groups is 2. The second-order valence-corrected chi connectivity index (χ2v) is 6.37. The maximum absolute atomic E-state index is 12.5. The summed E-state index contributed by atoms with van der Waals surface area (Å²) in [6.45, 7) is 1.25. The Bertz CT molecular complexity index is 392. The van der Waals surface area contributed by atoms with E-state index in [9.17, 15) is 19.8 Å². The fourth-order valence-corrected chi connectivity index (χ4v) is 3.43. The van der Waals surface area contributed by atoms with Gasteiger partial charge in [-0.3, -0.25) is 9.59 Å². The van der Waals surface area contributed by atoms with Crippen molar-refractivity contribution in [1.29, 1.82) is 0 Å². The lowest BCUT2D eigenvalue weighted by Gasteiger charge is -2.37. The molecule has 0 radical (unpaired) electrons. The Hall–Kier alpha value is -1.14. The van der Waals surface area contributed by atoms with Crippen LogP contribution < -0.4 is 0 Å². The van der Waals surface area contributed by atoms with Crippen molar-refractivity contribution < 1.29 is 24.5 Å². The smallest absolute Gasteiger partial charge is 0.307 e. The lowest BCUT2D eigenvalue weighted by Crippen LogP contribution is -2.50. The maximum Gasteiger partial charge on any atom is 0.307 e. The Labute approximate surface area is 125 Å². The minimum absolute atomic E-state index is 0.151. The molecule has 0 spiro atoms. The van der Waals surface area contributed by atoms with Gasteiger partial charge in [0.25, 0.3) is 0 Å². The minimum Gasteiger partial charge on any atom is -0.481 e. The fraction of sp³-hybridized carbons (Fsp3) is 0.867. The molecule has 21 heavy (non-hydrogen) atoms. The van der Waals surface area contributed by atoms with Crippen molar-refractivity contribution in [2.24, 2.45) is 11.8 Å². The van der Waals surface area contributed by atoms with Crippen LogP contribution in [-0.4, -0.2) is 59.4 Å². The van der Waals surface area contributed by atoms with Crippen molar-refractivity contribution in [1.82, 2.24) is 4.90 Å². The fourth-order valence-electron chi connectivity index (χ4n) is 3.43. The number of hydrogen-bond donors (Lipinski definition) is 2. The van der Waals surface area contributed by atoms with Gasteiger partial charge in [-0.25, -0.2) is 0 Å². The number of ether oxygens (including phenoxy) is 1. The Morgan fingerprint density at radius 1 is 1.19 bits per heavy atom. The summed E-state index contributed by atoms with van der Waals surface area (Å²) in [5, 5.41) is 19.7. The standard InChI is InChI=1S/C15H25NO5/c1-16(10-15(20)6-8-21-9-7-15)13(17)11-4-2-3-5-12(11)14(18)19/h11-12,20H,2-10H2,1H3,(H,18,19). The number of rotatable bonds is 4. The summed E-state index contributed by atoms with van der Waals surface area (Å²) >= 11 is 0. The second-order valence-electron chi connectivity index (χ2n) is 6.37. The summed E-state index contributed by atoms with van der Waals surface area (Å²) in [5.74, 6) is -2.07. The molecule has 2 fully saturated rings. The number of aliphatic hydroxyl groups is 1. The van der Waals surface area contributed by atoms with E-state index in [0.29, 0.717) is 38.9 Å². The lowest BCUT2D eigenvalue weighted by molar-refractivity contribution is -0.154. The van der Waals surface area contributed by atoms with Gasteiger partial charge >= 0.3 is 5.97 Å². The molecule has 1 aliphatic carbocycles. The summed E-state index contributed by atoms with van der Waals surface area (Å²) in [6, 6.07) is 0. The number of aliphatic carboxylic acids is 1. The van der Waals surface area contributed by atoms with Gasteiger partial charge in [0.2, 0.25) is 5.91 Å². The Kier molecular flexibility index (Phi) is 5.22. The van der Waals surface area contributed by atoms with E-state index < -0.39 is 23.4 Å². The van der Waals surface area contributed by atoms with Crippen LogP contribution in [0.2, 0.25) is 0 Å². The van der Waals surface area contributed by atoms with Crippen molar-refractivity contribution in [3.05, 3.63) is 0 Å². The second kappa shape index (κ2) is 6.75. The van der Waals surface area contributed by atoms with Gasteiger partial charge in [0.15, 0.2) is 0 Å². The Balaban J connectivity index is 1.98. The highest BCUT2D eigenvalue weighted by molar-refractivity contribution is 5.84. The van der Waals surface area contributed by atoms with Gasteiger partial charge < -0.3 is 19.8 Å². The van der Waals surface area contributed by atoms with E-state index in [2.05, 4.69) is 0 Å². The molecular weight excluding hydrogens is 274 g/mol. The van der Waals surface area contributed by atoms with Crippen LogP contribution in [0.4, 0.5) is 0 Å². The molecule has 1 aliphatic heterocycles.